The number of aromatic nitrogens is 4. The van der Waals surface area contributed by atoms with Crippen molar-refractivity contribution in [2.45, 2.75) is 33.9 Å². The van der Waals surface area contributed by atoms with E-state index >= 15 is 0 Å². The van der Waals surface area contributed by atoms with E-state index in [0.29, 0.717) is 45.8 Å². The van der Waals surface area contributed by atoms with Gasteiger partial charge in [0.15, 0.2) is 0 Å². The number of phenolic OH excluding ortho intramolecular Hbond substituents is 1. The Morgan fingerprint density at radius 3 is 2.60 bits per heavy atom. The molecule has 0 radical (unpaired) electrons. The molecular formula is C26H29N5O4. The molecule has 0 atom stereocenters. The van der Waals surface area contributed by atoms with E-state index in [1.807, 2.05) is 25.5 Å². The second-order valence-corrected chi connectivity index (χ2v) is 8.34. The molecule has 9 heteroatoms. The lowest BCUT2D eigenvalue weighted by Gasteiger charge is -2.19. The van der Waals surface area contributed by atoms with E-state index in [1.54, 1.807) is 54.5 Å². The number of rotatable bonds is 8. The van der Waals surface area contributed by atoms with Crippen LogP contribution in [0.2, 0.25) is 0 Å². The first-order valence-corrected chi connectivity index (χ1v) is 11.4. The van der Waals surface area contributed by atoms with Crippen LogP contribution in [0.15, 0.2) is 42.6 Å². The van der Waals surface area contributed by atoms with Gasteiger partial charge < -0.3 is 19.8 Å². The molecule has 4 aromatic rings. The Labute approximate surface area is 203 Å². The molecule has 0 saturated carbocycles. The van der Waals surface area contributed by atoms with Crippen molar-refractivity contribution in [3.05, 3.63) is 65.1 Å². The molecule has 0 aliphatic carbocycles. The van der Waals surface area contributed by atoms with Crippen LogP contribution < -0.4 is 4.74 Å². The average Bonchev–Trinajstić information content (AvgIpc) is 3.21. The monoisotopic (exact) mass is 475 g/mol. The summed E-state index contributed by atoms with van der Waals surface area (Å²) in [6.45, 7) is 7.09. The molecular weight excluding hydrogens is 446 g/mol. The van der Waals surface area contributed by atoms with Crippen molar-refractivity contribution in [1.29, 1.82) is 0 Å². The molecule has 182 valence electrons. The molecule has 0 aliphatic heterocycles. The third kappa shape index (κ3) is 4.95. The summed E-state index contributed by atoms with van der Waals surface area (Å²) in [7, 11) is 1.75. The Morgan fingerprint density at radius 2 is 1.91 bits per heavy atom. The number of carbonyl (C=O) groups is 1. The summed E-state index contributed by atoms with van der Waals surface area (Å²) in [6, 6.07) is 10.0. The Bertz CT molecular complexity index is 1380. The van der Waals surface area contributed by atoms with Gasteiger partial charge in [-0.05, 0) is 57.2 Å². The fourth-order valence-corrected chi connectivity index (χ4v) is 4.01. The zero-order valence-corrected chi connectivity index (χ0v) is 20.3. The minimum atomic E-state index is -0.201. The molecule has 9 nitrogen and oxygen atoms in total. The number of hydrogen-bond acceptors (Lipinski definition) is 7. The molecule has 35 heavy (non-hydrogen) atoms. The highest BCUT2D eigenvalue weighted by atomic mass is 16.5. The van der Waals surface area contributed by atoms with E-state index < -0.39 is 0 Å². The Hall–Kier alpha value is -3.98. The first kappa shape index (κ1) is 24.2. The van der Waals surface area contributed by atoms with Crippen LogP contribution in [0, 0.1) is 13.8 Å². The predicted octanol–water partition coefficient (Wildman–Crippen LogP) is 3.48. The zero-order chi connectivity index (χ0) is 25.1. The first-order valence-electron chi connectivity index (χ1n) is 11.4. The Morgan fingerprint density at radius 1 is 1.11 bits per heavy atom. The van der Waals surface area contributed by atoms with Crippen LogP contribution in [0.4, 0.5) is 0 Å². The van der Waals surface area contributed by atoms with Gasteiger partial charge >= 0.3 is 0 Å². The van der Waals surface area contributed by atoms with E-state index in [1.165, 1.54) is 0 Å². The fraction of sp³-hybridized carbons (Fsp3) is 0.308. The van der Waals surface area contributed by atoms with Crippen LogP contribution in [-0.2, 0) is 13.1 Å². The van der Waals surface area contributed by atoms with Gasteiger partial charge in [-0.2, -0.15) is 5.10 Å². The molecule has 0 unspecified atom stereocenters. The smallest absolute Gasteiger partial charge is 0.254 e. The molecule has 1 amide bonds. The number of phenols is 1. The van der Waals surface area contributed by atoms with Crippen LogP contribution in [0.25, 0.3) is 22.3 Å². The maximum Gasteiger partial charge on any atom is 0.254 e. The molecule has 0 aliphatic rings. The van der Waals surface area contributed by atoms with Gasteiger partial charge in [-0.1, -0.05) is 0 Å². The number of hydrogen-bond donors (Lipinski definition) is 2. The number of amides is 1. The SMILES string of the molecule is CCn1ncc(CN(C)C(=O)c2cc(-c3ccc(OCCO)c(C)n3)nc3ccc(O)cc23)c1C. The van der Waals surface area contributed by atoms with Gasteiger partial charge in [0.25, 0.3) is 5.91 Å². The number of aliphatic hydroxyl groups excluding tert-OH is 1. The van der Waals surface area contributed by atoms with Crippen LogP contribution >= 0.6 is 0 Å². The van der Waals surface area contributed by atoms with Gasteiger partial charge in [-0.3, -0.25) is 9.48 Å². The van der Waals surface area contributed by atoms with Gasteiger partial charge in [0.1, 0.15) is 18.1 Å². The number of carbonyl (C=O) groups excluding carboxylic acids is 1. The summed E-state index contributed by atoms with van der Waals surface area (Å²) in [6.07, 6.45) is 1.79. The van der Waals surface area contributed by atoms with Crippen molar-refractivity contribution >= 4 is 16.8 Å². The van der Waals surface area contributed by atoms with Crippen molar-refractivity contribution < 1.29 is 19.7 Å². The quantitative estimate of drug-likeness (QED) is 0.401. The second kappa shape index (κ2) is 10.1. The third-order valence-electron chi connectivity index (χ3n) is 5.93. The average molecular weight is 476 g/mol. The van der Waals surface area contributed by atoms with Crippen molar-refractivity contribution in [2.24, 2.45) is 0 Å². The Balaban J connectivity index is 1.73. The minimum absolute atomic E-state index is 0.0585. The number of aromatic hydroxyl groups is 1. The number of ether oxygens (including phenoxy) is 1. The summed E-state index contributed by atoms with van der Waals surface area (Å²) < 4.78 is 7.40. The number of aryl methyl sites for hydroxylation is 2. The van der Waals surface area contributed by atoms with Gasteiger partial charge in [0, 0.05) is 36.8 Å². The van der Waals surface area contributed by atoms with E-state index in [4.69, 9.17) is 14.8 Å². The molecule has 0 bridgehead atoms. The lowest BCUT2D eigenvalue weighted by Crippen LogP contribution is -2.26. The van der Waals surface area contributed by atoms with Gasteiger partial charge in [0.05, 0.1) is 41.0 Å². The first-order chi connectivity index (χ1) is 16.8. The second-order valence-electron chi connectivity index (χ2n) is 8.34. The Kier molecular flexibility index (Phi) is 6.97. The standard InChI is InChI=1S/C26H29N5O4/c1-5-31-17(3)18(14-27-31)15-30(4)26(34)21-13-24(29-22-7-6-19(33)12-20(21)22)23-8-9-25(16(2)28-23)35-11-10-32/h6-9,12-14,32-33H,5,10-11,15H2,1-4H3. The number of pyridine rings is 2. The lowest BCUT2D eigenvalue weighted by molar-refractivity contribution is 0.0787. The van der Waals surface area contributed by atoms with E-state index in [-0.39, 0.29) is 24.9 Å². The molecule has 4 rings (SSSR count). The van der Waals surface area contributed by atoms with Crippen molar-refractivity contribution in [1.82, 2.24) is 24.6 Å². The molecule has 2 N–H and O–H groups in total. The van der Waals surface area contributed by atoms with Gasteiger partial charge in [-0.15, -0.1) is 0 Å². The van der Waals surface area contributed by atoms with Crippen LogP contribution in [0.1, 0.15) is 34.2 Å². The minimum Gasteiger partial charge on any atom is -0.508 e. The molecule has 0 spiro atoms. The third-order valence-corrected chi connectivity index (χ3v) is 5.93. The van der Waals surface area contributed by atoms with Gasteiger partial charge in [0.2, 0.25) is 0 Å². The summed E-state index contributed by atoms with van der Waals surface area (Å²) >= 11 is 0. The largest absolute Gasteiger partial charge is 0.508 e. The zero-order valence-electron chi connectivity index (χ0n) is 20.3. The van der Waals surface area contributed by atoms with Crippen molar-refractivity contribution in [3.63, 3.8) is 0 Å². The van der Waals surface area contributed by atoms with Gasteiger partial charge in [-0.25, -0.2) is 9.97 Å². The number of aliphatic hydroxyl groups is 1. The summed E-state index contributed by atoms with van der Waals surface area (Å²) in [5.74, 6) is 0.434. The van der Waals surface area contributed by atoms with Crippen LogP contribution in [0.5, 0.6) is 11.5 Å². The number of nitrogens with zero attached hydrogens (tertiary/aromatic N) is 5. The number of benzene rings is 1. The maximum absolute atomic E-state index is 13.6. The predicted molar refractivity (Wildman–Crippen MR) is 132 cm³/mol. The lowest BCUT2D eigenvalue weighted by atomic mass is 10.0. The van der Waals surface area contributed by atoms with Crippen LogP contribution in [0.3, 0.4) is 0 Å². The highest BCUT2D eigenvalue weighted by Gasteiger charge is 2.20. The molecule has 0 fully saturated rings. The van der Waals surface area contributed by atoms with Crippen LogP contribution in [-0.4, -0.2) is 61.0 Å². The summed E-state index contributed by atoms with van der Waals surface area (Å²) in [5, 5.41) is 24.0. The summed E-state index contributed by atoms with van der Waals surface area (Å²) in [4.78, 5) is 24.5. The highest BCUT2D eigenvalue weighted by Crippen LogP contribution is 2.29. The fourth-order valence-electron chi connectivity index (χ4n) is 4.01. The van der Waals surface area contributed by atoms with Crippen molar-refractivity contribution in [3.8, 4) is 22.9 Å². The molecule has 1 aromatic carbocycles. The topological polar surface area (TPSA) is 114 Å². The van der Waals surface area contributed by atoms with E-state index in [0.717, 1.165) is 17.8 Å². The molecule has 0 saturated heterocycles. The van der Waals surface area contributed by atoms with Crippen molar-refractivity contribution in [2.75, 3.05) is 20.3 Å². The van der Waals surface area contributed by atoms with E-state index in [2.05, 4.69) is 10.1 Å². The highest BCUT2D eigenvalue weighted by molar-refractivity contribution is 6.07. The number of fused-ring (bicyclic) bond motifs is 1. The van der Waals surface area contributed by atoms with E-state index in [9.17, 15) is 9.90 Å². The molecule has 3 aromatic heterocycles. The summed E-state index contributed by atoms with van der Waals surface area (Å²) in [5.41, 5.74) is 4.76. The normalized spacial score (nSPS) is 11.1. The molecule has 3 heterocycles. The maximum atomic E-state index is 13.6.